The van der Waals surface area contributed by atoms with Crippen LogP contribution >= 0.6 is 11.8 Å². The van der Waals surface area contributed by atoms with Gasteiger partial charge in [0, 0.05) is 22.8 Å². The van der Waals surface area contributed by atoms with Crippen LogP contribution in [0.15, 0.2) is 70.4 Å². The maximum atomic E-state index is 12.6. The van der Waals surface area contributed by atoms with E-state index in [9.17, 15) is 4.79 Å². The lowest BCUT2D eigenvalue weighted by molar-refractivity contribution is -0.116. The van der Waals surface area contributed by atoms with Crippen LogP contribution in [-0.2, 0) is 4.79 Å². The first-order valence-corrected chi connectivity index (χ1v) is 9.50. The first-order chi connectivity index (χ1) is 13.8. The number of rotatable bonds is 6. The van der Waals surface area contributed by atoms with Gasteiger partial charge in [-0.15, -0.1) is 10.2 Å². The Hall–Kier alpha value is -3.57. The minimum atomic E-state index is -0.204. The van der Waals surface area contributed by atoms with E-state index in [-0.39, 0.29) is 18.2 Å². The molecule has 0 unspecified atom stereocenters. The molecule has 2 aromatic carbocycles. The molecule has 8 heteroatoms. The molecule has 0 aliphatic heterocycles. The van der Waals surface area contributed by atoms with Crippen LogP contribution in [0, 0.1) is 11.3 Å². The summed E-state index contributed by atoms with van der Waals surface area (Å²) in [7, 11) is 0. The Kier molecular flexibility index (Phi) is 5.08. The van der Waals surface area contributed by atoms with E-state index in [4.69, 9.17) is 9.68 Å². The summed E-state index contributed by atoms with van der Waals surface area (Å²) in [6, 6.07) is 19.0. The normalized spacial score (nSPS) is 10.7. The third kappa shape index (κ3) is 3.61. The molecule has 138 valence electrons. The fourth-order valence-corrected chi connectivity index (χ4v) is 3.47. The second kappa shape index (κ2) is 7.98. The Bertz CT molecular complexity index is 1150. The number of fused-ring (bicyclic) bond motifs is 1. The van der Waals surface area contributed by atoms with E-state index in [2.05, 4.69) is 15.2 Å². The summed E-state index contributed by atoms with van der Waals surface area (Å²) < 4.78 is 5.72. The van der Waals surface area contributed by atoms with Crippen LogP contribution < -0.4 is 4.90 Å². The van der Waals surface area contributed by atoms with E-state index >= 15 is 0 Å². The fraction of sp³-hybridized carbons (Fsp3) is 0.100. The van der Waals surface area contributed by atoms with E-state index in [1.165, 1.54) is 4.90 Å². The van der Waals surface area contributed by atoms with Gasteiger partial charge in [-0.25, -0.2) is 0 Å². The first kappa shape index (κ1) is 17.8. The van der Waals surface area contributed by atoms with Crippen molar-refractivity contribution in [1.82, 2.24) is 15.2 Å². The molecule has 0 aliphatic rings. The standard InChI is InChI=1S/C20H15N5O2S/c21-10-11-25(14-6-2-1-3-7-14)18(26)13-28-20-24-23-19(27-20)16-12-22-17-9-5-4-8-15(16)17/h1-9,12,22H,11,13H2. The highest BCUT2D eigenvalue weighted by Gasteiger charge is 2.18. The van der Waals surface area contributed by atoms with Crippen molar-refractivity contribution < 1.29 is 9.21 Å². The summed E-state index contributed by atoms with van der Waals surface area (Å²) in [6.45, 7) is -0.0200. The lowest BCUT2D eigenvalue weighted by Gasteiger charge is -2.18. The van der Waals surface area contributed by atoms with Crippen LogP contribution in [0.4, 0.5) is 5.69 Å². The second-order valence-corrected chi connectivity index (χ2v) is 6.81. The molecule has 0 saturated carbocycles. The van der Waals surface area contributed by atoms with Crippen LogP contribution in [0.2, 0.25) is 0 Å². The van der Waals surface area contributed by atoms with Crippen molar-refractivity contribution in [3.8, 4) is 17.5 Å². The molecule has 0 saturated heterocycles. The van der Waals surface area contributed by atoms with Gasteiger partial charge in [0.25, 0.3) is 11.1 Å². The number of nitrogens with one attached hydrogen (secondary N) is 1. The van der Waals surface area contributed by atoms with Crippen LogP contribution in [0.25, 0.3) is 22.4 Å². The highest BCUT2D eigenvalue weighted by Crippen LogP contribution is 2.29. The lowest BCUT2D eigenvalue weighted by Crippen LogP contribution is -2.32. The number of aromatic nitrogens is 3. The van der Waals surface area contributed by atoms with Crippen molar-refractivity contribution in [2.45, 2.75) is 5.22 Å². The van der Waals surface area contributed by atoms with Gasteiger partial charge < -0.3 is 9.40 Å². The highest BCUT2D eigenvalue weighted by atomic mass is 32.2. The summed E-state index contributed by atoms with van der Waals surface area (Å²) in [5.41, 5.74) is 2.48. The molecule has 28 heavy (non-hydrogen) atoms. The number of hydrogen-bond donors (Lipinski definition) is 1. The van der Waals surface area contributed by atoms with E-state index < -0.39 is 0 Å². The van der Waals surface area contributed by atoms with E-state index in [1.807, 2.05) is 54.7 Å². The van der Waals surface area contributed by atoms with Gasteiger partial charge in [-0.05, 0) is 18.2 Å². The van der Waals surface area contributed by atoms with E-state index in [0.29, 0.717) is 16.8 Å². The van der Waals surface area contributed by atoms with Gasteiger partial charge >= 0.3 is 0 Å². The van der Waals surface area contributed by atoms with Crippen molar-refractivity contribution in [2.75, 3.05) is 17.2 Å². The molecule has 4 aromatic rings. The molecule has 7 nitrogen and oxygen atoms in total. The molecule has 2 heterocycles. The highest BCUT2D eigenvalue weighted by molar-refractivity contribution is 7.99. The Balaban J connectivity index is 1.47. The molecule has 4 rings (SSSR count). The number of aromatic amines is 1. The molecule has 0 atom stereocenters. The second-order valence-electron chi connectivity index (χ2n) is 5.88. The summed E-state index contributed by atoms with van der Waals surface area (Å²) in [4.78, 5) is 17.2. The summed E-state index contributed by atoms with van der Waals surface area (Å²) in [6.07, 6.45) is 1.82. The number of carbonyl (C=O) groups is 1. The SMILES string of the molecule is N#CCN(C(=O)CSc1nnc(-c2c[nH]c3ccccc23)o1)c1ccccc1. The van der Waals surface area contributed by atoms with Crippen LogP contribution in [0.5, 0.6) is 0 Å². The molecule has 1 N–H and O–H groups in total. The molecule has 0 spiro atoms. The van der Waals surface area contributed by atoms with E-state index in [0.717, 1.165) is 28.2 Å². The van der Waals surface area contributed by atoms with Crippen molar-refractivity contribution in [3.63, 3.8) is 0 Å². The molecule has 1 amide bonds. The quantitative estimate of drug-likeness (QED) is 0.397. The fourth-order valence-electron chi connectivity index (χ4n) is 2.83. The number of anilines is 1. The zero-order chi connectivity index (χ0) is 19.3. The molecular formula is C20H15N5O2S. The Labute approximate surface area is 165 Å². The van der Waals surface area contributed by atoms with Gasteiger partial charge in [0.2, 0.25) is 5.91 Å². The predicted molar refractivity (Wildman–Crippen MR) is 107 cm³/mol. The number of carbonyl (C=O) groups excluding carboxylic acids is 1. The number of nitriles is 1. The first-order valence-electron chi connectivity index (χ1n) is 8.51. The van der Waals surface area contributed by atoms with E-state index in [1.54, 1.807) is 12.1 Å². The monoisotopic (exact) mass is 389 g/mol. The van der Waals surface area contributed by atoms with Gasteiger partial charge in [-0.3, -0.25) is 9.69 Å². The van der Waals surface area contributed by atoms with Crippen molar-refractivity contribution in [1.29, 1.82) is 5.26 Å². The van der Waals surface area contributed by atoms with Crippen molar-refractivity contribution in [2.24, 2.45) is 0 Å². The minimum Gasteiger partial charge on any atom is -0.411 e. The lowest BCUT2D eigenvalue weighted by atomic mass is 10.2. The van der Waals surface area contributed by atoms with Gasteiger partial charge in [0.05, 0.1) is 17.4 Å². The predicted octanol–water partition coefficient (Wildman–Crippen LogP) is 3.87. The minimum absolute atomic E-state index is 0.0200. The third-order valence-electron chi connectivity index (χ3n) is 4.14. The molecular weight excluding hydrogens is 374 g/mol. The molecule has 0 aliphatic carbocycles. The maximum Gasteiger partial charge on any atom is 0.277 e. The summed E-state index contributed by atoms with van der Waals surface area (Å²) in [5, 5.41) is 18.4. The Morgan fingerprint density at radius 3 is 2.75 bits per heavy atom. The molecule has 0 fully saturated rings. The molecule has 0 bridgehead atoms. The number of benzene rings is 2. The number of nitrogens with zero attached hydrogens (tertiary/aromatic N) is 4. The molecule has 0 radical (unpaired) electrons. The zero-order valence-corrected chi connectivity index (χ0v) is 15.5. The Morgan fingerprint density at radius 1 is 1.14 bits per heavy atom. The molecule has 2 aromatic heterocycles. The van der Waals surface area contributed by atoms with Crippen LogP contribution in [0.1, 0.15) is 0 Å². The topological polar surface area (TPSA) is 98.8 Å². The summed E-state index contributed by atoms with van der Waals surface area (Å²) >= 11 is 1.15. The smallest absolute Gasteiger partial charge is 0.277 e. The van der Waals surface area contributed by atoms with Gasteiger partial charge in [-0.1, -0.05) is 48.2 Å². The van der Waals surface area contributed by atoms with Crippen molar-refractivity contribution in [3.05, 3.63) is 60.8 Å². The maximum absolute atomic E-state index is 12.6. The Morgan fingerprint density at radius 2 is 1.93 bits per heavy atom. The van der Waals surface area contributed by atoms with Crippen molar-refractivity contribution >= 4 is 34.3 Å². The van der Waals surface area contributed by atoms with Crippen LogP contribution in [0.3, 0.4) is 0 Å². The van der Waals surface area contributed by atoms with Gasteiger partial charge in [0.1, 0.15) is 6.54 Å². The van der Waals surface area contributed by atoms with Crippen LogP contribution in [-0.4, -0.2) is 33.4 Å². The van der Waals surface area contributed by atoms with Gasteiger partial charge in [-0.2, -0.15) is 5.26 Å². The number of H-pyrrole nitrogens is 1. The van der Waals surface area contributed by atoms with Gasteiger partial charge in [0.15, 0.2) is 0 Å². The number of amides is 1. The average molecular weight is 389 g/mol. The number of hydrogen-bond acceptors (Lipinski definition) is 6. The number of thioether (sulfide) groups is 1. The summed E-state index contributed by atoms with van der Waals surface area (Å²) in [5.74, 6) is 0.278. The average Bonchev–Trinajstić information content (AvgIpc) is 3.37. The third-order valence-corrected chi connectivity index (χ3v) is 4.95. The zero-order valence-electron chi connectivity index (χ0n) is 14.7. The number of para-hydroxylation sites is 2. The largest absolute Gasteiger partial charge is 0.411 e.